The van der Waals surface area contributed by atoms with Crippen LogP contribution in [0.2, 0.25) is 0 Å². The summed E-state index contributed by atoms with van der Waals surface area (Å²) in [5.74, 6) is 0.737. The van der Waals surface area contributed by atoms with Crippen molar-refractivity contribution >= 4 is 17.5 Å². The number of carbonyl (C=O) groups is 1. The van der Waals surface area contributed by atoms with Crippen LogP contribution < -0.4 is 5.32 Å². The fourth-order valence-corrected chi connectivity index (χ4v) is 1.34. The van der Waals surface area contributed by atoms with Crippen LogP contribution in [0.15, 0.2) is 10.6 Å². The van der Waals surface area contributed by atoms with Gasteiger partial charge in [-0.15, -0.1) is 11.6 Å². The van der Waals surface area contributed by atoms with Crippen molar-refractivity contribution in [2.24, 2.45) is 0 Å². The van der Waals surface area contributed by atoms with Gasteiger partial charge in [-0.2, -0.15) is 0 Å². The van der Waals surface area contributed by atoms with Crippen molar-refractivity contribution in [3.63, 3.8) is 0 Å². The summed E-state index contributed by atoms with van der Waals surface area (Å²) in [6, 6.07) is 1.62. The average molecular weight is 231 g/mol. The first-order valence-corrected chi connectivity index (χ1v) is 5.55. The van der Waals surface area contributed by atoms with Gasteiger partial charge in [0.25, 0.3) is 5.91 Å². The highest BCUT2D eigenvalue weighted by Gasteiger charge is 2.09. The Labute approximate surface area is 94.0 Å². The molecule has 1 N–H and O–H groups in total. The Morgan fingerprint density at radius 3 is 2.93 bits per heavy atom. The molecule has 15 heavy (non-hydrogen) atoms. The van der Waals surface area contributed by atoms with Crippen molar-refractivity contribution in [2.75, 3.05) is 12.4 Å². The van der Waals surface area contributed by atoms with E-state index in [4.69, 9.17) is 16.1 Å². The van der Waals surface area contributed by atoms with Crippen molar-refractivity contribution in [3.8, 4) is 0 Å². The fourth-order valence-electron chi connectivity index (χ4n) is 1.16. The van der Waals surface area contributed by atoms with Crippen molar-refractivity contribution < 1.29 is 9.32 Å². The lowest BCUT2D eigenvalue weighted by Gasteiger charge is -2.01. The minimum Gasteiger partial charge on any atom is -0.351 e. The molecule has 0 fully saturated rings. The van der Waals surface area contributed by atoms with Crippen LogP contribution in [0.5, 0.6) is 0 Å². The lowest BCUT2D eigenvalue weighted by atomic mass is 10.2. The van der Waals surface area contributed by atoms with Crippen LogP contribution in [0.25, 0.3) is 0 Å². The number of carbonyl (C=O) groups excluding carboxylic acids is 1. The van der Waals surface area contributed by atoms with Crippen LogP contribution in [0, 0.1) is 6.92 Å². The van der Waals surface area contributed by atoms with Crippen LogP contribution >= 0.6 is 11.6 Å². The van der Waals surface area contributed by atoms with E-state index < -0.39 is 0 Å². The molecule has 1 heterocycles. The molecule has 0 radical (unpaired) electrons. The molecule has 0 aliphatic carbocycles. The summed E-state index contributed by atoms with van der Waals surface area (Å²) in [5.41, 5.74) is 0.710. The SMILES string of the molecule is Cc1cc(C(=O)NCCCCCCl)on1. The van der Waals surface area contributed by atoms with E-state index in [1.165, 1.54) is 0 Å². The molecule has 1 rings (SSSR count). The molecule has 0 aliphatic heterocycles. The van der Waals surface area contributed by atoms with Crippen LogP contribution in [0.3, 0.4) is 0 Å². The van der Waals surface area contributed by atoms with Gasteiger partial charge in [0.05, 0.1) is 5.69 Å². The second-order valence-electron chi connectivity index (χ2n) is 3.34. The van der Waals surface area contributed by atoms with Crippen LogP contribution in [0.1, 0.15) is 35.5 Å². The summed E-state index contributed by atoms with van der Waals surface area (Å²) in [6.45, 7) is 2.43. The molecular formula is C10H15ClN2O2. The molecule has 0 saturated carbocycles. The molecule has 1 aromatic rings. The first kappa shape index (κ1) is 12.0. The number of aromatic nitrogens is 1. The Kier molecular flexibility index (Phi) is 5.18. The van der Waals surface area contributed by atoms with Gasteiger partial charge in [0.1, 0.15) is 0 Å². The van der Waals surface area contributed by atoms with Gasteiger partial charge in [-0.05, 0) is 19.8 Å². The molecule has 84 valence electrons. The molecule has 1 aromatic heterocycles. The molecule has 0 atom stereocenters. The summed E-state index contributed by atoms with van der Waals surface area (Å²) in [6.07, 6.45) is 2.95. The number of unbranched alkanes of at least 4 members (excludes halogenated alkanes) is 2. The standard InChI is InChI=1S/C10H15ClN2O2/c1-8-7-9(15-13-8)10(14)12-6-4-2-3-5-11/h7H,2-6H2,1H3,(H,12,14). The zero-order valence-electron chi connectivity index (χ0n) is 8.75. The van der Waals surface area contributed by atoms with Gasteiger partial charge >= 0.3 is 0 Å². The maximum absolute atomic E-state index is 11.4. The van der Waals surface area contributed by atoms with Gasteiger partial charge in [0.15, 0.2) is 0 Å². The van der Waals surface area contributed by atoms with Gasteiger partial charge in [0, 0.05) is 18.5 Å². The number of amides is 1. The van der Waals surface area contributed by atoms with Gasteiger partial charge in [0.2, 0.25) is 5.76 Å². The highest BCUT2D eigenvalue weighted by atomic mass is 35.5. The predicted molar refractivity (Wildman–Crippen MR) is 58.1 cm³/mol. The number of nitrogens with one attached hydrogen (secondary N) is 1. The molecule has 5 heteroatoms. The lowest BCUT2D eigenvalue weighted by Crippen LogP contribution is -2.23. The molecule has 0 unspecified atom stereocenters. The summed E-state index contributed by atoms with van der Waals surface area (Å²) in [7, 11) is 0. The number of aryl methyl sites for hydroxylation is 1. The van der Waals surface area contributed by atoms with E-state index in [0.717, 1.165) is 19.3 Å². The van der Waals surface area contributed by atoms with E-state index in [9.17, 15) is 4.79 Å². The third-order valence-electron chi connectivity index (χ3n) is 1.95. The minimum absolute atomic E-state index is 0.207. The number of nitrogens with zero attached hydrogens (tertiary/aromatic N) is 1. The van der Waals surface area contributed by atoms with E-state index in [0.29, 0.717) is 18.1 Å². The summed E-state index contributed by atoms with van der Waals surface area (Å²) in [5, 5.41) is 6.40. The second-order valence-corrected chi connectivity index (χ2v) is 3.72. The zero-order valence-corrected chi connectivity index (χ0v) is 9.51. The quantitative estimate of drug-likeness (QED) is 0.602. The van der Waals surface area contributed by atoms with Gasteiger partial charge < -0.3 is 9.84 Å². The third-order valence-corrected chi connectivity index (χ3v) is 2.21. The van der Waals surface area contributed by atoms with Crippen LogP contribution in [0.4, 0.5) is 0 Å². The van der Waals surface area contributed by atoms with Crippen LogP contribution in [-0.2, 0) is 0 Å². The molecule has 0 spiro atoms. The van der Waals surface area contributed by atoms with Crippen molar-refractivity contribution in [1.29, 1.82) is 0 Å². The summed E-state index contributed by atoms with van der Waals surface area (Å²) < 4.78 is 4.82. The smallest absolute Gasteiger partial charge is 0.289 e. The largest absolute Gasteiger partial charge is 0.351 e. The number of alkyl halides is 1. The van der Waals surface area contributed by atoms with Gasteiger partial charge in [-0.3, -0.25) is 4.79 Å². The number of halogens is 1. The van der Waals surface area contributed by atoms with Crippen molar-refractivity contribution in [2.45, 2.75) is 26.2 Å². The maximum atomic E-state index is 11.4. The van der Waals surface area contributed by atoms with Crippen molar-refractivity contribution in [1.82, 2.24) is 10.5 Å². The number of rotatable bonds is 6. The summed E-state index contributed by atoms with van der Waals surface area (Å²) in [4.78, 5) is 11.4. The van der Waals surface area contributed by atoms with E-state index in [-0.39, 0.29) is 11.7 Å². The molecule has 0 bridgehead atoms. The van der Waals surface area contributed by atoms with E-state index >= 15 is 0 Å². The van der Waals surface area contributed by atoms with E-state index in [2.05, 4.69) is 10.5 Å². The van der Waals surface area contributed by atoms with Crippen LogP contribution in [-0.4, -0.2) is 23.5 Å². The fraction of sp³-hybridized carbons (Fsp3) is 0.600. The first-order chi connectivity index (χ1) is 7.24. The Bertz CT molecular complexity index is 312. The lowest BCUT2D eigenvalue weighted by molar-refractivity contribution is 0.0916. The highest BCUT2D eigenvalue weighted by molar-refractivity contribution is 6.17. The first-order valence-electron chi connectivity index (χ1n) is 5.01. The second kappa shape index (κ2) is 6.45. The van der Waals surface area contributed by atoms with Gasteiger partial charge in [-0.25, -0.2) is 0 Å². The summed E-state index contributed by atoms with van der Waals surface area (Å²) >= 11 is 5.53. The Morgan fingerprint density at radius 2 is 2.33 bits per heavy atom. The zero-order chi connectivity index (χ0) is 11.1. The topological polar surface area (TPSA) is 55.1 Å². The molecular weight excluding hydrogens is 216 g/mol. The van der Waals surface area contributed by atoms with Gasteiger partial charge in [-0.1, -0.05) is 11.6 Å². The Morgan fingerprint density at radius 1 is 1.53 bits per heavy atom. The number of hydrogen-bond acceptors (Lipinski definition) is 3. The number of hydrogen-bond donors (Lipinski definition) is 1. The molecule has 1 amide bonds. The predicted octanol–water partition coefficient (Wildman–Crippen LogP) is 2.12. The molecule has 4 nitrogen and oxygen atoms in total. The third kappa shape index (κ3) is 4.34. The molecule has 0 aliphatic rings. The normalized spacial score (nSPS) is 10.3. The van der Waals surface area contributed by atoms with E-state index in [1.54, 1.807) is 13.0 Å². The monoisotopic (exact) mass is 230 g/mol. The maximum Gasteiger partial charge on any atom is 0.289 e. The van der Waals surface area contributed by atoms with Crippen molar-refractivity contribution in [3.05, 3.63) is 17.5 Å². The highest BCUT2D eigenvalue weighted by Crippen LogP contribution is 2.02. The Balaban J connectivity index is 2.19. The molecule has 0 aromatic carbocycles. The average Bonchev–Trinajstić information content (AvgIpc) is 2.64. The minimum atomic E-state index is -0.207. The van der Waals surface area contributed by atoms with E-state index in [1.807, 2.05) is 0 Å². The molecule has 0 saturated heterocycles. The Hall–Kier alpha value is -1.03.